The number of rotatable bonds is 6. The van der Waals surface area contributed by atoms with E-state index in [0.717, 1.165) is 24.3 Å². The molecule has 2 aromatic heterocycles. The number of H-pyrrole nitrogens is 1. The first-order chi connectivity index (χ1) is 13.0. The summed E-state index contributed by atoms with van der Waals surface area (Å²) in [5, 5.41) is 2.81. The van der Waals surface area contributed by atoms with Gasteiger partial charge in [0.1, 0.15) is 5.75 Å². The third kappa shape index (κ3) is 4.55. The summed E-state index contributed by atoms with van der Waals surface area (Å²) in [5.74, 6) is 0.132. The molecule has 11 heteroatoms. The highest BCUT2D eigenvalue weighted by atomic mass is 32.2. The number of ether oxygens (including phenoxy) is 1. The van der Waals surface area contributed by atoms with Gasteiger partial charge in [0.2, 0.25) is 0 Å². The molecule has 1 aromatic carbocycles. The van der Waals surface area contributed by atoms with Crippen molar-refractivity contribution in [2.24, 2.45) is 0 Å². The topological polar surface area (TPSA) is 106 Å². The molecule has 0 bridgehead atoms. The molecule has 0 aliphatic heterocycles. The zero-order chi connectivity index (χ0) is 20.5. The van der Waals surface area contributed by atoms with Gasteiger partial charge >= 0.3 is 6.11 Å². The van der Waals surface area contributed by atoms with Crippen LogP contribution in [0.3, 0.4) is 0 Å². The van der Waals surface area contributed by atoms with Gasteiger partial charge in [-0.1, -0.05) is 0 Å². The van der Waals surface area contributed by atoms with Crippen LogP contribution in [-0.4, -0.2) is 29.3 Å². The molecule has 0 atom stereocenters. The zero-order valence-corrected chi connectivity index (χ0v) is 15.6. The molecule has 0 unspecified atom stereocenters. The van der Waals surface area contributed by atoms with E-state index in [9.17, 15) is 22.0 Å². The highest BCUT2D eigenvalue weighted by molar-refractivity contribution is 7.92. The second-order valence-electron chi connectivity index (χ2n) is 6.00. The van der Waals surface area contributed by atoms with Gasteiger partial charge in [0, 0.05) is 18.7 Å². The fourth-order valence-electron chi connectivity index (χ4n) is 2.37. The number of hydrogen-bond acceptors (Lipinski definition) is 5. The normalized spacial score (nSPS) is 12.0. The number of pyridine rings is 1. The average molecular weight is 410 g/mol. The Morgan fingerprint density at radius 1 is 1.18 bits per heavy atom. The van der Waals surface area contributed by atoms with Crippen LogP contribution in [0.4, 0.5) is 14.5 Å². The Labute approximate surface area is 158 Å². The van der Waals surface area contributed by atoms with Crippen LogP contribution >= 0.6 is 0 Å². The first kappa shape index (κ1) is 19.5. The zero-order valence-electron chi connectivity index (χ0n) is 14.8. The maximum Gasteiger partial charge on any atom is 0.394 e. The predicted molar refractivity (Wildman–Crippen MR) is 97.4 cm³/mol. The molecule has 28 heavy (non-hydrogen) atoms. The third-order valence-corrected chi connectivity index (χ3v) is 4.91. The van der Waals surface area contributed by atoms with Crippen molar-refractivity contribution in [3.63, 3.8) is 0 Å². The average Bonchev–Trinajstić information content (AvgIpc) is 2.92. The number of nitrogens with one attached hydrogen (secondary N) is 2. The lowest BCUT2D eigenvalue weighted by atomic mass is 10.3. The first-order valence-electron chi connectivity index (χ1n) is 7.98. The maximum atomic E-state index is 12.8. The molecule has 2 N–H and O–H groups in total. The molecule has 2 heterocycles. The number of anilines is 1. The van der Waals surface area contributed by atoms with E-state index in [0.29, 0.717) is 18.4 Å². The summed E-state index contributed by atoms with van der Waals surface area (Å²) in [4.78, 5) is 15.7. The van der Waals surface area contributed by atoms with E-state index in [2.05, 4.69) is 19.5 Å². The molecule has 0 saturated carbocycles. The SMILES string of the molecule is Cc1cc(=O)n(-c2ccc(NS(=O)(=O)c3ccc(OC(C)(F)F)cc3)cn2)[nH]1. The summed E-state index contributed by atoms with van der Waals surface area (Å²) in [6, 6.07) is 8.87. The van der Waals surface area contributed by atoms with E-state index in [1.807, 2.05) is 0 Å². The van der Waals surface area contributed by atoms with Crippen molar-refractivity contribution in [1.82, 2.24) is 14.8 Å². The Bertz CT molecular complexity index is 1130. The van der Waals surface area contributed by atoms with Gasteiger partial charge in [-0.2, -0.15) is 8.78 Å². The van der Waals surface area contributed by atoms with E-state index < -0.39 is 16.1 Å². The molecule has 3 aromatic rings. The quantitative estimate of drug-likeness (QED) is 0.650. The molecule has 0 spiro atoms. The molecule has 3 rings (SSSR count). The van der Waals surface area contributed by atoms with Crippen molar-refractivity contribution in [2.75, 3.05) is 4.72 Å². The third-order valence-electron chi connectivity index (χ3n) is 3.51. The molecule has 0 aliphatic rings. The molecule has 0 amide bonds. The molecule has 0 radical (unpaired) electrons. The van der Waals surface area contributed by atoms with Gasteiger partial charge in [0.25, 0.3) is 15.6 Å². The van der Waals surface area contributed by atoms with Gasteiger partial charge in [0.15, 0.2) is 5.82 Å². The van der Waals surface area contributed by atoms with Gasteiger partial charge in [-0.05, 0) is 43.3 Å². The molecule has 0 saturated heterocycles. The summed E-state index contributed by atoms with van der Waals surface area (Å²) >= 11 is 0. The maximum absolute atomic E-state index is 12.8. The van der Waals surface area contributed by atoms with E-state index in [-0.39, 0.29) is 21.9 Å². The largest absolute Gasteiger partial charge is 0.433 e. The van der Waals surface area contributed by atoms with E-state index in [4.69, 9.17) is 0 Å². The number of alkyl halides is 2. The van der Waals surface area contributed by atoms with Crippen molar-refractivity contribution in [1.29, 1.82) is 0 Å². The van der Waals surface area contributed by atoms with Gasteiger partial charge in [-0.25, -0.2) is 18.1 Å². The first-order valence-corrected chi connectivity index (χ1v) is 9.47. The standard InChI is InChI=1S/C17H16F2N4O4S/c1-11-9-16(24)23(21-11)15-8-3-12(10-20-15)22-28(25,26)14-6-4-13(5-7-14)27-17(2,18)19/h3-10,21-22H,1-2H3. The van der Waals surface area contributed by atoms with Crippen molar-refractivity contribution in [3.05, 3.63) is 64.7 Å². The smallest absolute Gasteiger partial charge is 0.394 e. The Morgan fingerprint density at radius 3 is 2.36 bits per heavy atom. The molecule has 0 aliphatic carbocycles. The summed E-state index contributed by atoms with van der Waals surface area (Å²) in [7, 11) is -3.96. The van der Waals surface area contributed by atoms with Crippen LogP contribution in [0.25, 0.3) is 5.82 Å². The molecular formula is C17H16F2N4O4S. The molecule has 8 nitrogen and oxygen atoms in total. The predicted octanol–water partition coefficient (Wildman–Crippen LogP) is 2.66. The van der Waals surface area contributed by atoms with Gasteiger partial charge in [0.05, 0.1) is 16.8 Å². The van der Waals surface area contributed by atoms with Crippen molar-refractivity contribution >= 4 is 15.7 Å². The second kappa shape index (κ2) is 7.08. The fourth-order valence-corrected chi connectivity index (χ4v) is 3.41. The molecular weight excluding hydrogens is 394 g/mol. The van der Waals surface area contributed by atoms with Crippen LogP contribution in [-0.2, 0) is 10.0 Å². The number of aryl methyl sites for hydroxylation is 1. The van der Waals surface area contributed by atoms with Crippen LogP contribution < -0.4 is 15.0 Å². The highest BCUT2D eigenvalue weighted by Crippen LogP contribution is 2.23. The number of aromatic amines is 1. The van der Waals surface area contributed by atoms with Crippen molar-refractivity contribution in [2.45, 2.75) is 24.9 Å². The minimum Gasteiger partial charge on any atom is -0.433 e. The van der Waals surface area contributed by atoms with E-state index in [1.54, 1.807) is 6.92 Å². The van der Waals surface area contributed by atoms with Crippen LogP contribution in [0.5, 0.6) is 5.75 Å². The Balaban J connectivity index is 1.77. The van der Waals surface area contributed by atoms with Crippen LogP contribution in [0.1, 0.15) is 12.6 Å². The lowest BCUT2D eigenvalue weighted by Gasteiger charge is -2.13. The van der Waals surface area contributed by atoms with E-state index >= 15 is 0 Å². The number of halogens is 2. The fraction of sp³-hybridized carbons (Fsp3) is 0.176. The van der Waals surface area contributed by atoms with Gasteiger partial charge in [-0.3, -0.25) is 14.6 Å². The number of sulfonamides is 1. The van der Waals surface area contributed by atoms with Gasteiger partial charge < -0.3 is 4.74 Å². The minimum absolute atomic E-state index is 0.139. The van der Waals surface area contributed by atoms with Crippen LogP contribution in [0.15, 0.2) is 58.4 Å². The minimum atomic E-state index is -3.96. The monoisotopic (exact) mass is 410 g/mol. The Morgan fingerprint density at radius 2 is 1.86 bits per heavy atom. The lowest BCUT2D eigenvalue weighted by molar-refractivity contribution is -0.158. The summed E-state index contributed by atoms with van der Waals surface area (Å²) < 4.78 is 58.4. The Hall–Kier alpha value is -3.21. The lowest BCUT2D eigenvalue weighted by Crippen LogP contribution is -2.19. The van der Waals surface area contributed by atoms with Crippen molar-refractivity contribution in [3.8, 4) is 11.6 Å². The molecule has 148 valence electrons. The summed E-state index contributed by atoms with van der Waals surface area (Å²) in [6.07, 6.45) is -2.11. The summed E-state index contributed by atoms with van der Waals surface area (Å²) in [6.45, 7) is 2.30. The Kier molecular flexibility index (Phi) is 4.94. The van der Waals surface area contributed by atoms with E-state index in [1.165, 1.54) is 29.1 Å². The number of aromatic nitrogens is 3. The number of benzene rings is 1. The van der Waals surface area contributed by atoms with Crippen molar-refractivity contribution < 1.29 is 21.9 Å². The summed E-state index contributed by atoms with van der Waals surface area (Å²) in [5.41, 5.74) is 0.531. The number of nitrogens with zero attached hydrogens (tertiary/aromatic N) is 2. The molecule has 0 fully saturated rings. The van der Waals surface area contributed by atoms with Gasteiger partial charge in [-0.15, -0.1) is 0 Å². The van der Waals surface area contributed by atoms with Crippen LogP contribution in [0, 0.1) is 6.92 Å². The number of hydrogen-bond donors (Lipinski definition) is 2. The van der Waals surface area contributed by atoms with Crippen LogP contribution in [0.2, 0.25) is 0 Å². The highest BCUT2D eigenvalue weighted by Gasteiger charge is 2.23. The second-order valence-corrected chi connectivity index (χ2v) is 7.69.